The van der Waals surface area contributed by atoms with E-state index in [1.54, 1.807) is 24.3 Å². The molecule has 0 unspecified atom stereocenters. The standard InChI is InChI=1S/C21H18N2O3S/c1-4-23-16-10-12(2)9-13(3)18(16)27-21(23)22-19(24)15-11-14-7-5-6-8-17(14)26-20(15)25/h5-11H,4H2,1-3H3. The van der Waals surface area contributed by atoms with Crippen molar-refractivity contribution in [2.45, 2.75) is 27.3 Å². The molecule has 0 radical (unpaired) electrons. The summed E-state index contributed by atoms with van der Waals surface area (Å²) in [5.41, 5.74) is 3.09. The molecular weight excluding hydrogens is 360 g/mol. The molecule has 0 aliphatic carbocycles. The fourth-order valence-electron chi connectivity index (χ4n) is 3.26. The fraction of sp³-hybridized carbons (Fsp3) is 0.190. The van der Waals surface area contributed by atoms with Gasteiger partial charge in [0.05, 0.1) is 10.2 Å². The van der Waals surface area contributed by atoms with Crippen LogP contribution in [-0.4, -0.2) is 10.5 Å². The highest BCUT2D eigenvalue weighted by Crippen LogP contribution is 2.23. The Hall–Kier alpha value is -2.99. The summed E-state index contributed by atoms with van der Waals surface area (Å²) in [6.45, 7) is 6.79. The van der Waals surface area contributed by atoms with Crippen molar-refractivity contribution in [1.82, 2.24) is 4.57 Å². The van der Waals surface area contributed by atoms with Gasteiger partial charge in [-0.3, -0.25) is 4.79 Å². The zero-order chi connectivity index (χ0) is 19.1. The Labute approximate surface area is 159 Å². The van der Waals surface area contributed by atoms with Crippen molar-refractivity contribution < 1.29 is 9.21 Å². The molecule has 136 valence electrons. The number of carbonyl (C=O) groups excluding carboxylic acids is 1. The lowest BCUT2D eigenvalue weighted by Gasteiger charge is -2.03. The van der Waals surface area contributed by atoms with Gasteiger partial charge in [-0.15, -0.1) is 0 Å². The smallest absolute Gasteiger partial charge is 0.349 e. The molecule has 6 heteroatoms. The van der Waals surface area contributed by atoms with Crippen molar-refractivity contribution >= 4 is 38.4 Å². The van der Waals surface area contributed by atoms with Crippen LogP contribution in [0.5, 0.6) is 0 Å². The fourth-order valence-corrected chi connectivity index (χ4v) is 4.40. The average molecular weight is 378 g/mol. The lowest BCUT2D eigenvalue weighted by molar-refractivity contribution is 0.0994. The molecule has 27 heavy (non-hydrogen) atoms. The maximum Gasteiger partial charge on any atom is 0.349 e. The summed E-state index contributed by atoms with van der Waals surface area (Å²) in [4.78, 5) is 29.8. The van der Waals surface area contributed by atoms with E-state index in [2.05, 4.69) is 24.0 Å². The van der Waals surface area contributed by atoms with Crippen LogP contribution in [0.1, 0.15) is 28.4 Å². The minimum Gasteiger partial charge on any atom is -0.422 e. The molecule has 1 amide bonds. The van der Waals surface area contributed by atoms with Gasteiger partial charge in [0.2, 0.25) is 0 Å². The van der Waals surface area contributed by atoms with Gasteiger partial charge < -0.3 is 8.98 Å². The van der Waals surface area contributed by atoms with Gasteiger partial charge in [0.15, 0.2) is 4.80 Å². The monoisotopic (exact) mass is 378 g/mol. The molecule has 0 fully saturated rings. The average Bonchev–Trinajstić information content (AvgIpc) is 2.98. The molecule has 0 aliphatic rings. The number of amides is 1. The summed E-state index contributed by atoms with van der Waals surface area (Å²) < 4.78 is 8.36. The van der Waals surface area contributed by atoms with Gasteiger partial charge in [-0.1, -0.05) is 35.6 Å². The van der Waals surface area contributed by atoms with Crippen molar-refractivity contribution in [1.29, 1.82) is 0 Å². The zero-order valence-electron chi connectivity index (χ0n) is 15.3. The van der Waals surface area contributed by atoms with E-state index in [0.29, 0.717) is 22.3 Å². The van der Waals surface area contributed by atoms with E-state index in [4.69, 9.17) is 4.42 Å². The van der Waals surface area contributed by atoms with Crippen LogP contribution in [0.15, 0.2) is 56.7 Å². The molecule has 0 N–H and O–H groups in total. The summed E-state index contributed by atoms with van der Waals surface area (Å²) in [5, 5.41) is 0.696. The van der Waals surface area contributed by atoms with Crippen LogP contribution >= 0.6 is 11.3 Å². The molecule has 2 aromatic heterocycles. The highest BCUT2D eigenvalue weighted by atomic mass is 32.1. The van der Waals surface area contributed by atoms with E-state index in [9.17, 15) is 9.59 Å². The van der Waals surface area contributed by atoms with Crippen LogP contribution in [0.25, 0.3) is 21.2 Å². The summed E-state index contributed by atoms with van der Waals surface area (Å²) >= 11 is 1.46. The van der Waals surface area contributed by atoms with E-state index in [0.717, 1.165) is 21.3 Å². The maximum absolute atomic E-state index is 12.7. The number of benzene rings is 2. The van der Waals surface area contributed by atoms with Gasteiger partial charge in [0.1, 0.15) is 11.1 Å². The van der Waals surface area contributed by atoms with Crippen LogP contribution in [0.3, 0.4) is 0 Å². The number of aryl methyl sites for hydroxylation is 3. The zero-order valence-corrected chi connectivity index (χ0v) is 16.1. The summed E-state index contributed by atoms with van der Waals surface area (Å²) in [6, 6.07) is 12.9. The molecule has 0 spiro atoms. The van der Waals surface area contributed by atoms with Gasteiger partial charge >= 0.3 is 5.63 Å². The Morgan fingerprint density at radius 1 is 1.19 bits per heavy atom. The second kappa shape index (κ2) is 6.63. The number of hydrogen-bond donors (Lipinski definition) is 0. The topological polar surface area (TPSA) is 64.6 Å². The SMILES string of the molecule is CCn1c(=NC(=O)c2cc3ccccc3oc2=O)sc2c(C)cc(C)cc21. The molecular formula is C21H18N2O3S. The lowest BCUT2D eigenvalue weighted by Crippen LogP contribution is -2.19. The van der Waals surface area contributed by atoms with Crippen molar-refractivity contribution in [3.63, 3.8) is 0 Å². The van der Waals surface area contributed by atoms with Crippen LogP contribution in [-0.2, 0) is 6.54 Å². The second-order valence-electron chi connectivity index (χ2n) is 6.46. The normalized spacial score (nSPS) is 12.2. The van der Waals surface area contributed by atoms with Gasteiger partial charge in [0, 0.05) is 11.9 Å². The van der Waals surface area contributed by atoms with Crippen molar-refractivity contribution in [3.8, 4) is 0 Å². The Kier molecular flexibility index (Phi) is 4.28. The van der Waals surface area contributed by atoms with E-state index < -0.39 is 11.5 Å². The molecule has 2 heterocycles. The molecule has 0 saturated heterocycles. The first kappa shape index (κ1) is 17.4. The first-order valence-corrected chi connectivity index (χ1v) is 9.52. The second-order valence-corrected chi connectivity index (χ2v) is 7.44. The maximum atomic E-state index is 12.7. The highest BCUT2D eigenvalue weighted by molar-refractivity contribution is 7.16. The quantitative estimate of drug-likeness (QED) is 0.491. The predicted octanol–water partition coefficient (Wildman–Crippen LogP) is 4.19. The van der Waals surface area contributed by atoms with Crippen LogP contribution in [0, 0.1) is 13.8 Å². The largest absolute Gasteiger partial charge is 0.422 e. The third kappa shape index (κ3) is 3.02. The Bertz CT molecular complexity index is 1330. The van der Waals surface area contributed by atoms with Gasteiger partial charge in [-0.2, -0.15) is 4.99 Å². The number of rotatable bonds is 2. The van der Waals surface area contributed by atoms with Gasteiger partial charge in [-0.05, 0) is 50.1 Å². The molecule has 0 bridgehead atoms. The molecule has 5 nitrogen and oxygen atoms in total. The van der Waals surface area contributed by atoms with Crippen molar-refractivity contribution in [3.05, 3.63) is 74.4 Å². The van der Waals surface area contributed by atoms with Crippen molar-refractivity contribution in [2.75, 3.05) is 0 Å². The molecule has 2 aromatic carbocycles. The number of nitrogens with zero attached hydrogens (tertiary/aromatic N) is 2. The number of aromatic nitrogens is 1. The molecule has 0 atom stereocenters. The third-order valence-electron chi connectivity index (χ3n) is 4.50. The molecule has 4 rings (SSSR count). The van der Waals surface area contributed by atoms with Crippen LogP contribution in [0.4, 0.5) is 0 Å². The number of hydrogen-bond acceptors (Lipinski definition) is 4. The predicted molar refractivity (Wildman–Crippen MR) is 107 cm³/mol. The Balaban J connectivity index is 1.91. The number of carbonyl (C=O) groups is 1. The van der Waals surface area contributed by atoms with Crippen molar-refractivity contribution in [2.24, 2.45) is 4.99 Å². The Morgan fingerprint density at radius 3 is 2.74 bits per heavy atom. The minimum absolute atomic E-state index is 0.0540. The minimum atomic E-state index is -0.668. The number of para-hydroxylation sites is 1. The third-order valence-corrected chi connectivity index (χ3v) is 5.73. The first-order valence-electron chi connectivity index (χ1n) is 8.70. The highest BCUT2D eigenvalue weighted by Gasteiger charge is 2.15. The Morgan fingerprint density at radius 2 is 1.96 bits per heavy atom. The van der Waals surface area contributed by atoms with Gasteiger partial charge in [0.25, 0.3) is 5.91 Å². The van der Waals surface area contributed by atoms with Crippen LogP contribution in [0.2, 0.25) is 0 Å². The summed E-state index contributed by atoms with van der Waals surface area (Å²) in [7, 11) is 0. The number of fused-ring (bicyclic) bond motifs is 2. The van der Waals surface area contributed by atoms with E-state index >= 15 is 0 Å². The van der Waals surface area contributed by atoms with Gasteiger partial charge in [-0.25, -0.2) is 4.79 Å². The summed E-state index contributed by atoms with van der Waals surface area (Å²) in [6.07, 6.45) is 0. The lowest BCUT2D eigenvalue weighted by atomic mass is 10.1. The molecule has 4 aromatic rings. The number of thiazole rings is 1. The van der Waals surface area contributed by atoms with E-state index in [-0.39, 0.29) is 5.56 Å². The van der Waals surface area contributed by atoms with Crippen LogP contribution < -0.4 is 10.4 Å². The first-order chi connectivity index (χ1) is 13.0. The van der Waals surface area contributed by atoms with E-state index in [1.807, 2.05) is 24.5 Å². The summed E-state index contributed by atoms with van der Waals surface area (Å²) in [5.74, 6) is -0.586. The molecule has 0 saturated carbocycles. The molecule has 0 aliphatic heterocycles. The van der Waals surface area contributed by atoms with E-state index in [1.165, 1.54) is 11.3 Å².